The maximum atomic E-state index is 12.1. The van der Waals surface area contributed by atoms with Gasteiger partial charge in [0.2, 0.25) is 0 Å². The highest BCUT2D eigenvalue weighted by atomic mass is 79.9. The molecule has 6 heteroatoms. The van der Waals surface area contributed by atoms with E-state index in [1.807, 2.05) is 38.1 Å². The van der Waals surface area contributed by atoms with E-state index in [-0.39, 0.29) is 11.8 Å². The molecule has 2 N–H and O–H groups in total. The highest BCUT2D eigenvalue weighted by molar-refractivity contribution is 9.10. The first-order valence-corrected chi connectivity index (χ1v) is 7.84. The van der Waals surface area contributed by atoms with Gasteiger partial charge in [-0.25, -0.2) is 0 Å². The fourth-order valence-corrected chi connectivity index (χ4v) is 3.05. The molecule has 0 saturated heterocycles. The number of hydrogen-bond donors (Lipinski definition) is 2. The normalized spacial score (nSPS) is 10.8. The number of nitrogens with one attached hydrogen (secondary N) is 2. The Balaban J connectivity index is 2.05. The monoisotopic (exact) mass is 399 g/mol. The second-order valence-electron chi connectivity index (χ2n) is 4.77. The summed E-state index contributed by atoms with van der Waals surface area (Å²) in [6.07, 6.45) is 0. The lowest BCUT2D eigenvalue weighted by atomic mass is 10.1. The molecule has 1 amide bonds. The summed E-state index contributed by atoms with van der Waals surface area (Å²) in [7, 11) is 0. The van der Waals surface area contributed by atoms with Crippen LogP contribution in [-0.2, 0) is 6.54 Å². The molecule has 0 saturated carbocycles. The van der Waals surface area contributed by atoms with Crippen molar-refractivity contribution in [2.75, 3.05) is 0 Å². The summed E-state index contributed by atoms with van der Waals surface area (Å²) in [5, 5.41) is 9.83. The van der Waals surface area contributed by atoms with Crippen LogP contribution < -0.4 is 5.32 Å². The summed E-state index contributed by atoms with van der Waals surface area (Å²) in [5.41, 5.74) is 2.35. The van der Waals surface area contributed by atoms with Gasteiger partial charge in [0.1, 0.15) is 0 Å². The average molecular weight is 401 g/mol. The lowest BCUT2D eigenvalue weighted by molar-refractivity contribution is 0.0945. The van der Waals surface area contributed by atoms with Crippen molar-refractivity contribution in [2.24, 2.45) is 0 Å². The second-order valence-corrected chi connectivity index (χ2v) is 6.48. The number of H-pyrrole nitrogens is 1. The first-order valence-electron chi connectivity index (χ1n) is 6.25. The molecule has 0 aliphatic heterocycles. The Kier molecular flexibility index (Phi) is 4.99. The molecule has 2 aromatic rings. The molecule has 0 spiro atoms. The van der Waals surface area contributed by atoms with E-state index in [4.69, 9.17) is 0 Å². The molecule has 1 heterocycles. The van der Waals surface area contributed by atoms with Crippen LogP contribution in [0, 0.1) is 0 Å². The SMILES string of the molecule is CC(C)c1[nH]nc(C(=O)NCc2cccc(Br)c2)c1Br. The average Bonchev–Trinajstić information content (AvgIpc) is 2.78. The summed E-state index contributed by atoms with van der Waals surface area (Å²) >= 11 is 6.84. The topological polar surface area (TPSA) is 57.8 Å². The van der Waals surface area contributed by atoms with Crippen molar-refractivity contribution in [1.82, 2.24) is 15.5 Å². The number of carbonyl (C=O) groups excluding carboxylic acids is 1. The number of amides is 1. The van der Waals surface area contributed by atoms with Crippen LogP contribution in [0.25, 0.3) is 0 Å². The van der Waals surface area contributed by atoms with Crippen molar-refractivity contribution in [3.05, 3.63) is 50.2 Å². The molecule has 0 atom stereocenters. The van der Waals surface area contributed by atoms with Gasteiger partial charge < -0.3 is 5.32 Å². The lowest BCUT2D eigenvalue weighted by Gasteiger charge is -2.05. The molecule has 4 nitrogen and oxygen atoms in total. The Bertz CT molecular complexity index is 623. The summed E-state index contributed by atoms with van der Waals surface area (Å²) in [5.74, 6) is 0.0866. The predicted molar refractivity (Wildman–Crippen MR) is 85.7 cm³/mol. The van der Waals surface area contributed by atoms with Crippen LogP contribution in [0.2, 0.25) is 0 Å². The Morgan fingerprint density at radius 2 is 2.15 bits per heavy atom. The van der Waals surface area contributed by atoms with Crippen molar-refractivity contribution < 1.29 is 4.79 Å². The van der Waals surface area contributed by atoms with Gasteiger partial charge in [-0.15, -0.1) is 0 Å². The van der Waals surface area contributed by atoms with Crippen LogP contribution in [0.1, 0.15) is 41.5 Å². The minimum atomic E-state index is -0.194. The van der Waals surface area contributed by atoms with Gasteiger partial charge in [-0.1, -0.05) is 41.9 Å². The maximum Gasteiger partial charge on any atom is 0.273 e. The summed E-state index contributed by atoms with van der Waals surface area (Å²) < 4.78 is 1.73. The van der Waals surface area contributed by atoms with E-state index >= 15 is 0 Å². The Morgan fingerprint density at radius 1 is 1.40 bits per heavy atom. The number of halogens is 2. The number of hydrogen-bond acceptors (Lipinski definition) is 2. The van der Waals surface area contributed by atoms with E-state index in [9.17, 15) is 4.79 Å². The molecule has 2 rings (SSSR count). The van der Waals surface area contributed by atoms with Gasteiger partial charge in [0.05, 0.1) is 10.2 Å². The third kappa shape index (κ3) is 3.49. The fourth-order valence-electron chi connectivity index (χ4n) is 1.79. The first kappa shape index (κ1) is 15.3. The minimum Gasteiger partial charge on any atom is -0.347 e. The number of benzene rings is 1. The quantitative estimate of drug-likeness (QED) is 0.815. The minimum absolute atomic E-state index is 0.194. The van der Waals surface area contributed by atoms with E-state index in [2.05, 4.69) is 47.4 Å². The lowest BCUT2D eigenvalue weighted by Crippen LogP contribution is -2.23. The van der Waals surface area contributed by atoms with Gasteiger partial charge in [0, 0.05) is 11.0 Å². The predicted octanol–water partition coefficient (Wildman–Crippen LogP) is 3.99. The standard InChI is InChI=1S/C14H15Br2N3O/c1-8(2)12-11(16)13(19-18-12)14(20)17-7-9-4-3-5-10(15)6-9/h3-6,8H,7H2,1-2H3,(H,17,20)(H,18,19). The molecule has 0 fully saturated rings. The van der Waals surface area contributed by atoms with Crippen LogP contribution in [0.15, 0.2) is 33.2 Å². The number of aromatic amines is 1. The van der Waals surface area contributed by atoms with E-state index in [0.29, 0.717) is 12.2 Å². The smallest absolute Gasteiger partial charge is 0.273 e. The van der Waals surface area contributed by atoms with Gasteiger partial charge in [-0.3, -0.25) is 9.89 Å². The molecular weight excluding hydrogens is 386 g/mol. The van der Waals surface area contributed by atoms with Crippen molar-refractivity contribution in [3.63, 3.8) is 0 Å². The van der Waals surface area contributed by atoms with Crippen molar-refractivity contribution in [2.45, 2.75) is 26.3 Å². The Morgan fingerprint density at radius 3 is 2.75 bits per heavy atom. The molecule has 0 aliphatic rings. The zero-order valence-corrected chi connectivity index (χ0v) is 14.4. The maximum absolute atomic E-state index is 12.1. The highest BCUT2D eigenvalue weighted by Crippen LogP contribution is 2.25. The number of carbonyl (C=O) groups is 1. The van der Waals surface area contributed by atoms with Gasteiger partial charge >= 0.3 is 0 Å². The zero-order chi connectivity index (χ0) is 14.7. The number of rotatable bonds is 4. The van der Waals surface area contributed by atoms with Crippen LogP contribution in [0.5, 0.6) is 0 Å². The van der Waals surface area contributed by atoms with Crippen LogP contribution in [0.3, 0.4) is 0 Å². The number of nitrogens with zero attached hydrogens (tertiary/aromatic N) is 1. The van der Waals surface area contributed by atoms with E-state index in [0.717, 1.165) is 20.2 Å². The van der Waals surface area contributed by atoms with E-state index in [1.165, 1.54) is 0 Å². The van der Waals surface area contributed by atoms with Crippen LogP contribution in [-0.4, -0.2) is 16.1 Å². The van der Waals surface area contributed by atoms with Gasteiger partial charge in [0.15, 0.2) is 5.69 Å². The van der Waals surface area contributed by atoms with Crippen molar-refractivity contribution in [3.8, 4) is 0 Å². The fraction of sp³-hybridized carbons (Fsp3) is 0.286. The van der Waals surface area contributed by atoms with Crippen molar-refractivity contribution in [1.29, 1.82) is 0 Å². The highest BCUT2D eigenvalue weighted by Gasteiger charge is 2.18. The molecule has 20 heavy (non-hydrogen) atoms. The van der Waals surface area contributed by atoms with Gasteiger partial charge in [-0.2, -0.15) is 5.10 Å². The van der Waals surface area contributed by atoms with Crippen molar-refractivity contribution >= 4 is 37.8 Å². The van der Waals surface area contributed by atoms with Gasteiger partial charge in [0.25, 0.3) is 5.91 Å². The molecule has 0 bridgehead atoms. The van der Waals surface area contributed by atoms with E-state index in [1.54, 1.807) is 0 Å². The summed E-state index contributed by atoms with van der Waals surface area (Å²) in [6, 6.07) is 7.82. The molecule has 1 aromatic heterocycles. The first-order chi connectivity index (χ1) is 9.49. The Labute approximate surface area is 134 Å². The third-order valence-corrected chi connectivity index (χ3v) is 4.16. The number of aromatic nitrogens is 2. The van der Waals surface area contributed by atoms with Crippen LogP contribution in [0.4, 0.5) is 0 Å². The second kappa shape index (κ2) is 6.54. The van der Waals surface area contributed by atoms with Crippen LogP contribution >= 0.6 is 31.9 Å². The molecular formula is C14H15Br2N3O. The molecule has 0 radical (unpaired) electrons. The summed E-state index contributed by atoms with van der Waals surface area (Å²) in [6.45, 7) is 4.55. The molecule has 0 unspecified atom stereocenters. The summed E-state index contributed by atoms with van der Waals surface area (Å²) in [4.78, 5) is 12.1. The molecule has 106 valence electrons. The zero-order valence-electron chi connectivity index (χ0n) is 11.2. The van der Waals surface area contributed by atoms with E-state index < -0.39 is 0 Å². The Hall–Kier alpha value is -1.14. The molecule has 1 aromatic carbocycles. The molecule has 0 aliphatic carbocycles. The van der Waals surface area contributed by atoms with Gasteiger partial charge in [-0.05, 0) is 39.5 Å². The largest absolute Gasteiger partial charge is 0.347 e. The third-order valence-electron chi connectivity index (χ3n) is 2.87.